The number of nitrogens with zero attached hydrogens (tertiary/aromatic N) is 3. The Bertz CT molecular complexity index is 756. The Balaban J connectivity index is 2.11. The number of thioether (sulfide) groups is 1. The van der Waals surface area contributed by atoms with Gasteiger partial charge in [-0.25, -0.2) is 4.98 Å². The van der Waals surface area contributed by atoms with Crippen LogP contribution < -0.4 is 0 Å². The van der Waals surface area contributed by atoms with Gasteiger partial charge in [0.15, 0.2) is 5.16 Å². The predicted molar refractivity (Wildman–Crippen MR) is 82.0 cm³/mol. The highest BCUT2D eigenvalue weighted by molar-refractivity contribution is 7.99. The van der Waals surface area contributed by atoms with Gasteiger partial charge in [-0.3, -0.25) is 4.57 Å². The molecule has 1 heterocycles. The summed E-state index contributed by atoms with van der Waals surface area (Å²) in [6, 6.07) is 20.5. The normalized spacial score (nSPS) is 10.6. The van der Waals surface area contributed by atoms with E-state index in [4.69, 9.17) is 5.26 Å². The van der Waals surface area contributed by atoms with Gasteiger partial charge >= 0.3 is 0 Å². The van der Waals surface area contributed by atoms with Gasteiger partial charge in [-0.1, -0.05) is 42.1 Å². The summed E-state index contributed by atoms with van der Waals surface area (Å²) in [6.45, 7) is 0. The van der Waals surface area contributed by atoms with Gasteiger partial charge < -0.3 is 0 Å². The standard InChI is InChI=1S/C16H13N3S/c17-11-6-12-20-16-18-14-9-4-5-10-15(14)19(16)13-7-2-1-3-8-13/h1-5,7-10H,6,12H2. The molecule has 0 aliphatic heterocycles. The van der Waals surface area contributed by atoms with Crippen LogP contribution in [-0.4, -0.2) is 15.3 Å². The van der Waals surface area contributed by atoms with Gasteiger partial charge in [0.1, 0.15) is 0 Å². The Morgan fingerprint density at radius 2 is 1.80 bits per heavy atom. The highest BCUT2D eigenvalue weighted by atomic mass is 32.2. The Kier molecular flexibility index (Phi) is 3.71. The van der Waals surface area contributed by atoms with Gasteiger partial charge in [0, 0.05) is 17.9 Å². The van der Waals surface area contributed by atoms with Crippen LogP contribution in [0.3, 0.4) is 0 Å². The molecule has 0 spiro atoms. The fourth-order valence-corrected chi connectivity index (χ4v) is 2.99. The van der Waals surface area contributed by atoms with Gasteiger partial charge in [0.05, 0.1) is 17.1 Å². The Morgan fingerprint density at radius 3 is 2.60 bits per heavy atom. The summed E-state index contributed by atoms with van der Waals surface area (Å²) in [5.74, 6) is 0.757. The van der Waals surface area contributed by atoms with Crippen LogP contribution in [0.2, 0.25) is 0 Å². The monoisotopic (exact) mass is 279 g/mol. The largest absolute Gasteiger partial charge is 0.287 e. The molecule has 4 heteroatoms. The van der Waals surface area contributed by atoms with E-state index in [2.05, 4.69) is 33.8 Å². The van der Waals surface area contributed by atoms with Crippen molar-refractivity contribution in [1.29, 1.82) is 5.26 Å². The van der Waals surface area contributed by atoms with Crippen molar-refractivity contribution in [3.8, 4) is 11.8 Å². The first-order chi connectivity index (χ1) is 9.90. The lowest BCUT2D eigenvalue weighted by Gasteiger charge is -2.08. The summed E-state index contributed by atoms with van der Waals surface area (Å²) < 4.78 is 2.15. The first-order valence-electron chi connectivity index (χ1n) is 6.43. The summed E-state index contributed by atoms with van der Waals surface area (Å²) in [7, 11) is 0. The van der Waals surface area contributed by atoms with Gasteiger partial charge in [-0.2, -0.15) is 5.26 Å². The average Bonchev–Trinajstić information content (AvgIpc) is 2.86. The van der Waals surface area contributed by atoms with Crippen LogP contribution in [0.5, 0.6) is 0 Å². The number of nitriles is 1. The van der Waals surface area contributed by atoms with Crippen LogP contribution in [0.1, 0.15) is 6.42 Å². The number of rotatable bonds is 4. The highest BCUT2D eigenvalue weighted by Gasteiger charge is 2.11. The SMILES string of the molecule is N#CCCSc1nc2ccccc2n1-c1ccccc1. The fourth-order valence-electron chi connectivity index (χ4n) is 2.12. The van der Waals surface area contributed by atoms with Crippen LogP contribution in [0.25, 0.3) is 16.7 Å². The third kappa shape index (κ3) is 2.40. The summed E-state index contributed by atoms with van der Waals surface area (Å²) in [5, 5.41) is 9.62. The predicted octanol–water partition coefficient (Wildman–Crippen LogP) is 4.03. The lowest BCUT2D eigenvalue weighted by Crippen LogP contribution is -1.96. The van der Waals surface area contributed by atoms with Crippen molar-refractivity contribution >= 4 is 22.8 Å². The zero-order chi connectivity index (χ0) is 13.8. The lowest BCUT2D eigenvalue weighted by atomic mass is 10.3. The Hall–Kier alpha value is -2.25. The van der Waals surface area contributed by atoms with Crippen LogP contribution >= 0.6 is 11.8 Å². The number of para-hydroxylation sites is 3. The number of fused-ring (bicyclic) bond motifs is 1. The van der Waals surface area contributed by atoms with Crippen molar-refractivity contribution in [1.82, 2.24) is 9.55 Å². The van der Waals surface area contributed by atoms with Gasteiger partial charge in [-0.05, 0) is 24.3 Å². The molecule has 0 aliphatic carbocycles. The van der Waals surface area contributed by atoms with Crippen molar-refractivity contribution in [3.05, 3.63) is 54.6 Å². The van der Waals surface area contributed by atoms with Crippen molar-refractivity contribution in [3.63, 3.8) is 0 Å². The zero-order valence-corrected chi connectivity index (χ0v) is 11.7. The number of hydrogen-bond donors (Lipinski definition) is 0. The van der Waals surface area contributed by atoms with Crippen LogP contribution in [-0.2, 0) is 0 Å². The number of benzene rings is 2. The third-order valence-electron chi connectivity index (χ3n) is 2.99. The quantitative estimate of drug-likeness (QED) is 0.535. The molecule has 0 bridgehead atoms. The van der Waals surface area contributed by atoms with E-state index in [1.807, 2.05) is 36.4 Å². The molecule has 0 aliphatic rings. The minimum Gasteiger partial charge on any atom is -0.287 e. The fraction of sp³-hybridized carbons (Fsp3) is 0.125. The van der Waals surface area contributed by atoms with E-state index < -0.39 is 0 Å². The maximum Gasteiger partial charge on any atom is 0.173 e. The average molecular weight is 279 g/mol. The van der Waals surface area contributed by atoms with E-state index >= 15 is 0 Å². The van der Waals surface area contributed by atoms with E-state index in [0.29, 0.717) is 6.42 Å². The van der Waals surface area contributed by atoms with E-state index in [1.54, 1.807) is 11.8 Å². The minimum atomic E-state index is 0.530. The molecule has 0 amide bonds. The second-order valence-electron chi connectivity index (χ2n) is 4.31. The maximum absolute atomic E-state index is 8.68. The molecule has 3 rings (SSSR count). The van der Waals surface area contributed by atoms with E-state index in [-0.39, 0.29) is 0 Å². The maximum atomic E-state index is 8.68. The van der Waals surface area contributed by atoms with Gasteiger partial charge in [0.25, 0.3) is 0 Å². The molecule has 0 saturated heterocycles. The molecule has 98 valence electrons. The molecule has 0 saturated carbocycles. The number of aromatic nitrogens is 2. The number of imidazole rings is 1. The molecule has 0 N–H and O–H groups in total. The van der Waals surface area contributed by atoms with Crippen LogP contribution in [0.4, 0.5) is 0 Å². The second kappa shape index (κ2) is 5.81. The summed E-state index contributed by atoms with van der Waals surface area (Å²) in [4.78, 5) is 4.68. The Labute approximate surface area is 121 Å². The van der Waals surface area contributed by atoms with E-state index in [0.717, 1.165) is 27.6 Å². The summed E-state index contributed by atoms with van der Waals surface area (Å²) in [6.07, 6.45) is 0.530. The second-order valence-corrected chi connectivity index (χ2v) is 5.37. The van der Waals surface area contributed by atoms with Crippen molar-refractivity contribution < 1.29 is 0 Å². The molecular formula is C16H13N3S. The smallest absolute Gasteiger partial charge is 0.173 e. The number of hydrogen-bond acceptors (Lipinski definition) is 3. The lowest BCUT2D eigenvalue weighted by molar-refractivity contribution is 0.918. The molecule has 3 nitrogen and oxygen atoms in total. The molecular weight excluding hydrogens is 266 g/mol. The Morgan fingerprint density at radius 1 is 1.05 bits per heavy atom. The molecule has 0 radical (unpaired) electrons. The highest BCUT2D eigenvalue weighted by Crippen LogP contribution is 2.28. The molecule has 3 aromatic rings. The molecule has 1 aromatic heterocycles. The molecule has 0 fully saturated rings. The summed E-state index contributed by atoms with van der Waals surface area (Å²) in [5.41, 5.74) is 3.18. The van der Waals surface area contributed by atoms with Gasteiger partial charge in [0.2, 0.25) is 0 Å². The molecule has 0 unspecified atom stereocenters. The minimum absolute atomic E-state index is 0.530. The van der Waals surface area contributed by atoms with Crippen LogP contribution in [0, 0.1) is 11.3 Å². The molecule has 20 heavy (non-hydrogen) atoms. The van der Waals surface area contributed by atoms with Gasteiger partial charge in [-0.15, -0.1) is 0 Å². The molecule has 2 aromatic carbocycles. The first-order valence-corrected chi connectivity index (χ1v) is 7.41. The van der Waals surface area contributed by atoms with Crippen LogP contribution in [0.15, 0.2) is 59.8 Å². The van der Waals surface area contributed by atoms with Crippen molar-refractivity contribution in [2.75, 3.05) is 5.75 Å². The van der Waals surface area contributed by atoms with Crippen molar-refractivity contribution in [2.24, 2.45) is 0 Å². The third-order valence-corrected chi connectivity index (χ3v) is 3.93. The van der Waals surface area contributed by atoms with Crippen molar-refractivity contribution in [2.45, 2.75) is 11.6 Å². The zero-order valence-electron chi connectivity index (χ0n) is 10.9. The molecule has 0 atom stereocenters. The van der Waals surface area contributed by atoms with E-state index in [1.165, 1.54) is 0 Å². The van der Waals surface area contributed by atoms with E-state index in [9.17, 15) is 0 Å². The summed E-state index contributed by atoms with van der Waals surface area (Å²) >= 11 is 1.62. The topological polar surface area (TPSA) is 41.6 Å². The first kappa shape index (κ1) is 12.8.